The van der Waals surface area contributed by atoms with Crippen LogP contribution >= 0.6 is 0 Å². The number of para-hydroxylation sites is 1. The lowest BCUT2D eigenvalue weighted by atomic mass is 9.98. The van der Waals surface area contributed by atoms with Crippen LogP contribution in [0.3, 0.4) is 0 Å². The van der Waals surface area contributed by atoms with Gasteiger partial charge in [0.2, 0.25) is 0 Å². The van der Waals surface area contributed by atoms with Crippen molar-refractivity contribution in [1.29, 1.82) is 5.41 Å². The predicted molar refractivity (Wildman–Crippen MR) is 69.2 cm³/mol. The first-order chi connectivity index (χ1) is 7.98. The Bertz CT molecular complexity index is 404. The zero-order valence-electron chi connectivity index (χ0n) is 10.1. The molecule has 17 heavy (non-hydrogen) atoms. The Labute approximate surface area is 101 Å². The van der Waals surface area contributed by atoms with Gasteiger partial charge in [-0.15, -0.1) is 0 Å². The zero-order chi connectivity index (χ0) is 12.9. The third-order valence-corrected chi connectivity index (χ3v) is 2.72. The van der Waals surface area contributed by atoms with Crippen LogP contribution in [0.2, 0.25) is 0 Å². The molecule has 5 heteroatoms. The molecule has 0 radical (unpaired) electrons. The van der Waals surface area contributed by atoms with Crippen LogP contribution in [0, 0.1) is 5.41 Å². The van der Waals surface area contributed by atoms with Gasteiger partial charge < -0.3 is 16.4 Å². The smallest absolute Gasteiger partial charge is 0.320 e. The largest absolute Gasteiger partial charge is 0.386 e. The summed E-state index contributed by atoms with van der Waals surface area (Å²) in [5, 5.41) is 12.8. The van der Waals surface area contributed by atoms with Gasteiger partial charge >= 0.3 is 6.03 Å². The van der Waals surface area contributed by atoms with Gasteiger partial charge in [0.1, 0.15) is 5.84 Å². The summed E-state index contributed by atoms with van der Waals surface area (Å²) in [6.07, 6.45) is 0.560. The van der Waals surface area contributed by atoms with Gasteiger partial charge in [0, 0.05) is 5.69 Å². The third-order valence-electron chi connectivity index (χ3n) is 2.72. The van der Waals surface area contributed by atoms with Gasteiger partial charge in [0.15, 0.2) is 0 Å². The van der Waals surface area contributed by atoms with Crippen LogP contribution in [0.25, 0.3) is 0 Å². The first-order valence-electron chi connectivity index (χ1n) is 5.46. The highest BCUT2D eigenvalue weighted by Gasteiger charge is 2.27. The van der Waals surface area contributed by atoms with Gasteiger partial charge in [-0.05, 0) is 25.5 Å². The zero-order valence-corrected chi connectivity index (χ0v) is 10.1. The molecule has 0 fully saturated rings. The molecule has 2 amide bonds. The molecule has 0 bridgehead atoms. The Morgan fingerprint density at radius 2 is 2.00 bits per heavy atom. The molecule has 0 saturated carbocycles. The number of urea groups is 1. The maximum absolute atomic E-state index is 11.7. The summed E-state index contributed by atoms with van der Waals surface area (Å²) in [7, 11) is 0. The number of carbonyl (C=O) groups is 1. The van der Waals surface area contributed by atoms with Gasteiger partial charge in [-0.3, -0.25) is 5.41 Å². The second-order valence-corrected chi connectivity index (χ2v) is 4.04. The van der Waals surface area contributed by atoms with E-state index < -0.39 is 5.54 Å². The first-order valence-corrected chi connectivity index (χ1v) is 5.46. The highest BCUT2D eigenvalue weighted by molar-refractivity contribution is 5.96. The van der Waals surface area contributed by atoms with Crippen molar-refractivity contribution in [2.45, 2.75) is 25.8 Å². The fraction of sp³-hybridized carbons (Fsp3) is 0.333. The molecule has 0 aliphatic heterocycles. The Kier molecular flexibility index (Phi) is 4.09. The number of benzene rings is 1. The highest BCUT2D eigenvalue weighted by Crippen LogP contribution is 2.10. The topological polar surface area (TPSA) is 91.0 Å². The maximum Gasteiger partial charge on any atom is 0.320 e. The van der Waals surface area contributed by atoms with Crippen molar-refractivity contribution in [1.82, 2.24) is 5.32 Å². The number of anilines is 1. The van der Waals surface area contributed by atoms with Gasteiger partial charge in [0.25, 0.3) is 0 Å². The van der Waals surface area contributed by atoms with Gasteiger partial charge in [-0.25, -0.2) is 4.79 Å². The van der Waals surface area contributed by atoms with Crippen molar-refractivity contribution in [3.05, 3.63) is 30.3 Å². The lowest BCUT2D eigenvalue weighted by Gasteiger charge is -2.28. The molecule has 1 rings (SSSR count). The lowest BCUT2D eigenvalue weighted by Crippen LogP contribution is -2.55. The van der Waals surface area contributed by atoms with Crippen LogP contribution in [0.15, 0.2) is 30.3 Å². The molecular formula is C12H18N4O. The number of hydrogen-bond acceptors (Lipinski definition) is 2. The molecule has 0 spiro atoms. The quantitative estimate of drug-likeness (QED) is 0.473. The molecule has 0 heterocycles. The molecular weight excluding hydrogens is 216 g/mol. The summed E-state index contributed by atoms with van der Waals surface area (Å²) in [5.41, 5.74) is 5.36. The normalized spacial score (nSPS) is 13.5. The van der Waals surface area contributed by atoms with Crippen LogP contribution in [0.1, 0.15) is 20.3 Å². The van der Waals surface area contributed by atoms with Gasteiger partial charge in [-0.1, -0.05) is 25.1 Å². The van der Waals surface area contributed by atoms with E-state index in [1.165, 1.54) is 0 Å². The Hall–Kier alpha value is -2.04. The summed E-state index contributed by atoms with van der Waals surface area (Å²) in [6.45, 7) is 3.59. The van der Waals surface area contributed by atoms with E-state index in [1.807, 2.05) is 25.1 Å². The number of nitrogens with one attached hydrogen (secondary N) is 3. The van der Waals surface area contributed by atoms with Crippen molar-refractivity contribution >= 4 is 17.6 Å². The van der Waals surface area contributed by atoms with Crippen LogP contribution < -0.4 is 16.4 Å². The van der Waals surface area contributed by atoms with Crippen LogP contribution in [-0.2, 0) is 0 Å². The van der Waals surface area contributed by atoms with Crippen molar-refractivity contribution in [3.8, 4) is 0 Å². The number of nitrogens with two attached hydrogens (primary N) is 1. The van der Waals surface area contributed by atoms with E-state index in [0.29, 0.717) is 12.1 Å². The maximum atomic E-state index is 11.7. The average molecular weight is 234 g/mol. The van der Waals surface area contributed by atoms with Gasteiger partial charge in [-0.2, -0.15) is 0 Å². The van der Waals surface area contributed by atoms with E-state index >= 15 is 0 Å². The molecule has 1 atom stereocenters. The van der Waals surface area contributed by atoms with Crippen molar-refractivity contribution < 1.29 is 4.79 Å². The minimum absolute atomic E-state index is 0.0526. The summed E-state index contributed by atoms with van der Waals surface area (Å²) >= 11 is 0. The molecule has 0 aliphatic rings. The molecule has 0 aliphatic carbocycles. The molecule has 1 aromatic rings. The lowest BCUT2D eigenvalue weighted by molar-refractivity contribution is 0.245. The van der Waals surface area contributed by atoms with Crippen LogP contribution in [-0.4, -0.2) is 17.4 Å². The van der Waals surface area contributed by atoms with Crippen molar-refractivity contribution in [2.24, 2.45) is 5.73 Å². The number of rotatable bonds is 4. The van der Waals surface area contributed by atoms with Crippen molar-refractivity contribution in [3.63, 3.8) is 0 Å². The Balaban J connectivity index is 2.64. The number of carbonyl (C=O) groups excluding carboxylic acids is 1. The van der Waals surface area contributed by atoms with E-state index in [2.05, 4.69) is 10.6 Å². The number of amidine groups is 1. The van der Waals surface area contributed by atoms with E-state index in [-0.39, 0.29) is 11.9 Å². The number of hydrogen-bond donors (Lipinski definition) is 4. The molecule has 0 saturated heterocycles. The molecule has 5 nitrogen and oxygen atoms in total. The van der Waals surface area contributed by atoms with E-state index in [1.54, 1.807) is 19.1 Å². The highest BCUT2D eigenvalue weighted by atomic mass is 16.2. The van der Waals surface area contributed by atoms with Gasteiger partial charge in [0.05, 0.1) is 5.54 Å². The Morgan fingerprint density at radius 1 is 1.41 bits per heavy atom. The summed E-state index contributed by atoms with van der Waals surface area (Å²) < 4.78 is 0. The average Bonchev–Trinajstić information content (AvgIpc) is 2.29. The fourth-order valence-electron chi connectivity index (χ4n) is 1.28. The molecule has 1 aromatic carbocycles. The standard InChI is InChI=1S/C12H18N4O/c1-3-12(2,10(13)14)16-11(17)15-9-7-5-4-6-8-9/h4-8H,3H2,1-2H3,(H3,13,14)(H2,15,16,17). The molecule has 92 valence electrons. The minimum atomic E-state index is -0.807. The molecule has 1 unspecified atom stereocenters. The van der Waals surface area contributed by atoms with Crippen LogP contribution in [0.5, 0.6) is 0 Å². The third kappa shape index (κ3) is 3.48. The summed E-state index contributed by atoms with van der Waals surface area (Å²) in [5.74, 6) is -0.0526. The van der Waals surface area contributed by atoms with Crippen LogP contribution in [0.4, 0.5) is 10.5 Å². The summed E-state index contributed by atoms with van der Waals surface area (Å²) in [6, 6.07) is 8.75. The monoisotopic (exact) mass is 234 g/mol. The van der Waals surface area contributed by atoms with E-state index in [0.717, 1.165) is 0 Å². The summed E-state index contributed by atoms with van der Waals surface area (Å²) in [4.78, 5) is 11.7. The molecule has 0 aromatic heterocycles. The first kappa shape index (κ1) is 13.0. The predicted octanol–water partition coefficient (Wildman–Crippen LogP) is 1.91. The number of amides is 2. The second-order valence-electron chi connectivity index (χ2n) is 4.04. The van der Waals surface area contributed by atoms with E-state index in [9.17, 15) is 4.79 Å². The fourth-order valence-corrected chi connectivity index (χ4v) is 1.28. The second kappa shape index (κ2) is 5.34. The SMILES string of the molecule is CCC(C)(NC(=O)Nc1ccccc1)C(=N)N. The van der Waals surface area contributed by atoms with E-state index in [4.69, 9.17) is 11.1 Å². The molecule has 5 N–H and O–H groups in total. The van der Waals surface area contributed by atoms with Crippen molar-refractivity contribution in [2.75, 3.05) is 5.32 Å². The minimum Gasteiger partial charge on any atom is -0.386 e. The Morgan fingerprint density at radius 3 is 2.47 bits per heavy atom.